The number of benzene rings is 1. The van der Waals surface area contributed by atoms with Gasteiger partial charge in [0.1, 0.15) is 0 Å². The third kappa shape index (κ3) is 5.87. The summed E-state index contributed by atoms with van der Waals surface area (Å²) < 4.78 is 4.66. The van der Waals surface area contributed by atoms with E-state index in [1.165, 1.54) is 38.4 Å². The third-order valence-electron chi connectivity index (χ3n) is 3.86. The second-order valence-electron chi connectivity index (χ2n) is 5.66. The predicted molar refractivity (Wildman–Crippen MR) is 90.4 cm³/mol. The van der Waals surface area contributed by atoms with Crippen LogP contribution in [0.3, 0.4) is 0 Å². The lowest BCUT2D eigenvalue weighted by atomic mass is 9.97. The lowest BCUT2D eigenvalue weighted by Gasteiger charge is -2.13. The Morgan fingerprint density at radius 1 is 1.26 bits per heavy atom. The Kier molecular flexibility index (Phi) is 6.81. The van der Waals surface area contributed by atoms with E-state index in [1.54, 1.807) is 24.3 Å². The first-order chi connectivity index (χ1) is 11.2. The summed E-state index contributed by atoms with van der Waals surface area (Å²) in [7, 11) is 1.33. The fourth-order valence-electron chi connectivity index (χ4n) is 2.63. The Morgan fingerprint density at radius 2 is 2.13 bits per heavy atom. The fourth-order valence-corrected chi connectivity index (χ4v) is 2.63. The number of allylic oxidation sites excluding steroid dienone is 1. The maximum atomic E-state index is 11.9. The number of carbonyl (C=O) groups is 2. The molecule has 0 spiro atoms. The molecule has 1 aromatic carbocycles. The minimum Gasteiger partial charge on any atom is -0.465 e. The van der Waals surface area contributed by atoms with E-state index in [2.05, 4.69) is 21.4 Å². The quantitative estimate of drug-likeness (QED) is 0.461. The van der Waals surface area contributed by atoms with Crippen LogP contribution < -0.4 is 10.6 Å². The molecule has 23 heavy (non-hydrogen) atoms. The average Bonchev–Trinajstić information content (AvgIpc) is 2.59. The molecular weight excluding hydrogens is 292 g/mol. The number of carbonyl (C=O) groups excluding carboxylic acids is 2. The molecule has 0 radical (unpaired) electrons. The molecule has 1 aliphatic carbocycles. The van der Waals surface area contributed by atoms with Gasteiger partial charge in [0.2, 0.25) is 5.91 Å². The van der Waals surface area contributed by atoms with Gasteiger partial charge in [-0.3, -0.25) is 4.79 Å². The van der Waals surface area contributed by atoms with Gasteiger partial charge in [0.25, 0.3) is 0 Å². The van der Waals surface area contributed by atoms with Crippen molar-refractivity contribution >= 4 is 17.6 Å². The molecular formula is C18H24N2O3. The number of amides is 1. The van der Waals surface area contributed by atoms with Gasteiger partial charge in [0.05, 0.1) is 19.2 Å². The van der Waals surface area contributed by atoms with E-state index in [0.29, 0.717) is 11.3 Å². The first-order valence-electron chi connectivity index (χ1n) is 8.06. The molecule has 0 heterocycles. The highest BCUT2D eigenvalue weighted by Gasteiger charge is 2.08. The van der Waals surface area contributed by atoms with Crippen molar-refractivity contribution < 1.29 is 14.3 Å². The number of anilines is 1. The van der Waals surface area contributed by atoms with Crippen LogP contribution >= 0.6 is 0 Å². The van der Waals surface area contributed by atoms with Gasteiger partial charge in [-0.1, -0.05) is 17.7 Å². The van der Waals surface area contributed by atoms with Crippen molar-refractivity contribution in [1.29, 1.82) is 0 Å². The summed E-state index contributed by atoms with van der Waals surface area (Å²) in [6, 6.07) is 6.72. The van der Waals surface area contributed by atoms with E-state index in [-0.39, 0.29) is 12.5 Å². The van der Waals surface area contributed by atoms with Gasteiger partial charge in [-0.05, 0) is 56.8 Å². The van der Waals surface area contributed by atoms with Gasteiger partial charge in [-0.25, -0.2) is 4.79 Å². The zero-order valence-corrected chi connectivity index (χ0v) is 13.6. The minimum absolute atomic E-state index is 0.121. The molecule has 124 valence electrons. The number of esters is 1. The largest absolute Gasteiger partial charge is 0.465 e. The second-order valence-corrected chi connectivity index (χ2v) is 5.66. The zero-order valence-electron chi connectivity index (χ0n) is 13.6. The summed E-state index contributed by atoms with van der Waals surface area (Å²) in [6.07, 6.45) is 8.28. The molecule has 0 unspecified atom stereocenters. The molecule has 0 bridgehead atoms. The van der Waals surface area contributed by atoms with Crippen molar-refractivity contribution in [2.45, 2.75) is 32.1 Å². The fraction of sp³-hybridized carbons (Fsp3) is 0.444. The first kappa shape index (κ1) is 17.2. The lowest BCUT2D eigenvalue weighted by Crippen LogP contribution is -2.29. The van der Waals surface area contributed by atoms with Crippen LogP contribution in [0.1, 0.15) is 42.5 Å². The molecule has 1 amide bonds. The van der Waals surface area contributed by atoms with E-state index < -0.39 is 5.97 Å². The zero-order chi connectivity index (χ0) is 16.5. The summed E-state index contributed by atoms with van der Waals surface area (Å²) in [5.41, 5.74) is 2.51. The van der Waals surface area contributed by atoms with Gasteiger partial charge in [-0.15, -0.1) is 0 Å². The van der Waals surface area contributed by atoms with Crippen LogP contribution in [0.15, 0.2) is 35.9 Å². The molecule has 2 rings (SSSR count). The Balaban J connectivity index is 1.72. The normalized spacial score (nSPS) is 14.0. The van der Waals surface area contributed by atoms with Gasteiger partial charge in [0, 0.05) is 5.69 Å². The Morgan fingerprint density at radius 3 is 2.87 bits per heavy atom. The highest BCUT2D eigenvalue weighted by molar-refractivity contribution is 5.95. The van der Waals surface area contributed by atoms with Crippen molar-refractivity contribution in [3.63, 3.8) is 0 Å². The molecule has 0 saturated heterocycles. The van der Waals surface area contributed by atoms with Crippen molar-refractivity contribution in [2.75, 3.05) is 25.5 Å². The highest BCUT2D eigenvalue weighted by atomic mass is 16.5. The summed E-state index contributed by atoms with van der Waals surface area (Å²) in [4.78, 5) is 23.4. The van der Waals surface area contributed by atoms with Crippen LogP contribution in [-0.2, 0) is 9.53 Å². The SMILES string of the molecule is COC(=O)c1cccc(NC(=O)CNCCC2=CCCCC2)c1. The number of ether oxygens (including phenoxy) is 1. The van der Waals surface area contributed by atoms with Crippen LogP contribution in [0.5, 0.6) is 0 Å². The van der Waals surface area contributed by atoms with Crippen molar-refractivity contribution in [3.05, 3.63) is 41.5 Å². The summed E-state index contributed by atoms with van der Waals surface area (Å²) in [5, 5.41) is 5.93. The Bertz CT molecular complexity index is 581. The molecule has 0 fully saturated rings. The van der Waals surface area contributed by atoms with E-state index >= 15 is 0 Å². The minimum atomic E-state index is -0.417. The number of hydrogen-bond acceptors (Lipinski definition) is 4. The highest BCUT2D eigenvalue weighted by Crippen LogP contribution is 2.19. The maximum absolute atomic E-state index is 11.9. The van der Waals surface area contributed by atoms with Crippen LogP contribution in [-0.4, -0.2) is 32.1 Å². The number of hydrogen-bond donors (Lipinski definition) is 2. The number of methoxy groups -OCH3 is 1. The average molecular weight is 316 g/mol. The van der Waals surface area contributed by atoms with Crippen LogP contribution in [0.4, 0.5) is 5.69 Å². The maximum Gasteiger partial charge on any atom is 0.337 e. The van der Waals surface area contributed by atoms with Crippen LogP contribution in [0.2, 0.25) is 0 Å². The molecule has 5 heteroatoms. The van der Waals surface area contributed by atoms with Crippen LogP contribution in [0, 0.1) is 0 Å². The van der Waals surface area contributed by atoms with E-state index in [9.17, 15) is 9.59 Å². The predicted octanol–water partition coefficient (Wildman–Crippen LogP) is 2.89. The smallest absolute Gasteiger partial charge is 0.337 e. The summed E-state index contributed by atoms with van der Waals surface area (Å²) >= 11 is 0. The standard InChI is InChI=1S/C18H24N2O3/c1-23-18(22)15-8-5-9-16(12-15)20-17(21)13-19-11-10-14-6-3-2-4-7-14/h5-6,8-9,12,19H,2-4,7,10-11,13H2,1H3,(H,20,21). The van der Waals surface area contributed by atoms with E-state index in [0.717, 1.165) is 13.0 Å². The van der Waals surface area contributed by atoms with Gasteiger partial charge >= 0.3 is 5.97 Å². The van der Waals surface area contributed by atoms with Crippen LogP contribution in [0.25, 0.3) is 0 Å². The van der Waals surface area contributed by atoms with E-state index in [4.69, 9.17) is 0 Å². The van der Waals surface area contributed by atoms with Gasteiger partial charge in [-0.2, -0.15) is 0 Å². The topological polar surface area (TPSA) is 67.4 Å². The second kappa shape index (κ2) is 9.10. The van der Waals surface area contributed by atoms with Gasteiger partial charge in [0.15, 0.2) is 0 Å². The Labute approximate surface area is 137 Å². The first-order valence-corrected chi connectivity index (χ1v) is 8.06. The molecule has 0 aliphatic heterocycles. The Hall–Kier alpha value is -2.14. The molecule has 0 saturated carbocycles. The number of rotatable bonds is 7. The molecule has 1 aromatic rings. The molecule has 0 atom stereocenters. The lowest BCUT2D eigenvalue weighted by molar-refractivity contribution is -0.115. The number of nitrogens with one attached hydrogen (secondary N) is 2. The molecule has 1 aliphatic rings. The monoisotopic (exact) mass is 316 g/mol. The van der Waals surface area contributed by atoms with Crippen molar-refractivity contribution in [3.8, 4) is 0 Å². The summed E-state index contributed by atoms with van der Waals surface area (Å²) in [6.45, 7) is 1.07. The van der Waals surface area contributed by atoms with Crippen molar-refractivity contribution in [1.82, 2.24) is 5.32 Å². The molecule has 0 aromatic heterocycles. The summed E-state index contributed by atoms with van der Waals surface area (Å²) in [5.74, 6) is -0.537. The van der Waals surface area contributed by atoms with E-state index in [1.807, 2.05) is 0 Å². The molecule has 2 N–H and O–H groups in total. The van der Waals surface area contributed by atoms with Gasteiger partial charge < -0.3 is 15.4 Å². The van der Waals surface area contributed by atoms with Crippen molar-refractivity contribution in [2.24, 2.45) is 0 Å². The third-order valence-corrected chi connectivity index (χ3v) is 3.86. The molecule has 5 nitrogen and oxygen atoms in total.